The van der Waals surface area contributed by atoms with Crippen LogP contribution in [0, 0.1) is 5.92 Å². The van der Waals surface area contributed by atoms with Gasteiger partial charge in [0.1, 0.15) is 6.04 Å². The number of carbonyl (C=O) groups excluding carboxylic acids is 1. The minimum absolute atomic E-state index is 0.202. The molecule has 33 heavy (non-hydrogen) atoms. The summed E-state index contributed by atoms with van der Waals surface area (Å²) in [6.07, 6.45) is 5.39. The zero-order valence-corrected chi connectivity index (χ0v) is 19.2. The first-order valence-electron chi connectivity index (χ1n) is 11.3. The number of carbonyl (C=O) groups is 2. The smallest absolute Gasteiger partial charge is 0.320 e. The monoisotopic (exact) mass is 467 g/mol. The molecule has 1 aromatic heterocycles. The molecule has 0 unspecified atom stereocenters. The number of rotatable bonds is 9. The molecule has 0 bridgehead atoms. The zero-order valence-electron chi connectivity index (χ0n) is 18.3. The van der Waals surface area contributed by atoms with Crippen LogP contribution in [0.3, 0.4) is 0 Å². The Morgan fingerprint density at radius 3 is 2.55 bits per heavy atom. The number of nitrogens with one attached hydrogen (secondary N) is 3. The lowest BCUT2D eigenvalue weighted by Gasteiger charge is -2.28. The Morgan fingerprint density at radius 2 is 1.79 bits per heavy atom. The van der Waals surface area contributed by atoms with Gasteiger partial charge in [-0.3, -0.25) is 14.8 Å². The number of thiophene rings is 1. The number of benzene rings is 2. The third-order valence-electron chi connectivity index (χ3n) is 6.25. The summed E-state index contributed by atoms with van der Waals surface area (Å²) >= 11 is 1.34. The number of amides is 1. The number of carboxylic acids is 1. The molecule has 0 saturated heterocycles. The van der Waals surface area contributed by atoms with Gasteiger partial charge in [-0.1, -0.05) is 43.5 Å². The molecule has 2 aromatic carbocycles. The van der Waals surface area contributed by atoms with E-state index in [1.807, 2.05) is 42.5 Å². The van der Waals surface area contributed by atoms with E-state index >= 15 is 0 Å². The second-order valence-corrected chi connectivity index (χ2v) is 9.66. The number of anilines is 1. The molecule has 0 aliphatic heterocycles. The van der Waals surface area contributed by atoms with Crippen LogP contribution in [0.5, 0.6) is 0 Å². The van der Waals surface area contributed by atoms with E-state index in [4.69, 9.17) is 5.21 Å². The molecule has 5 N–H and O–H groups in total. The molecular formula is C25H29N3O4S. The maximum absolute atomic E-state index is 11.8. The maximum Gasteiger partial charge on any atom is 0.320 e. The van der Waals surface area contributed by atoms with E-state index in [2.05, 4.69) is 10.6 Å². The van der Waals surface area contributed by atoms with E-state index in [-0.39, 0.29) is 5.92 Å². The number of aliphatic carboxylic acids is 1. The summed E-state index contributed by atoms with van der Waals surface area (Å²) in [5, 5.41) is 26.2. The largest absolute Gasteiger partial charge is 0.480 e. The Morgan fingerprint density at radius 1 is 1.00 bits per heavy atom. The molecule has 1 atom stereocenters. The molecule has 1 aliphatic rings. The first-order valence-corrected chi connectivity index (χ1v) is 12.1. The van der Waals surface area contributed by atoms with E-state index < -0.39 is 17.9 Å². The quantitative estimate of drug-likeness (QED) is 0.229. The maximum atomic E-state index is 11.8. The average molecular weight is 468 g/mol. The van der Waals surface area contributed by atoms with Crippen molar-refractivity contribution in [3.05, 3.63) is 64.5 Å². The highest BCUT2D eigenvalue weighted by Crippen LogP contribution is 2.28. The number of hydrogen-bond acceptors (Lipinski definition) is 6. The van der Waals surface area contributed by atoms with Crippen molar-refractivity contribution in [3.63, 3.8) is 0 Å². The molecule has 0 spiro atoms. The van der Waals surface area contributed by atoms with Crippen LogP contribution in [0.4, 0.5) is 5.69 Å². The second-order valence-electron chi connectivity index (χ2n) is 8.57. The summed E-state index contributed by atoms with van der Waals surface area (Å²) in [6, 6.07) is 15.3. The van der Waals surface area contributed by atoms with Gasteiger partial charge < -0.3 is 15.7 Å². The molecule has 0 radical (unpaired) electrons. The molecule has 1 amide bonds. The summed E-state index contributed by atoms with van der Waals surface area (Å²) in [5.41, 5.74) is 4.75. The van der Waals surface area contributed by atoms with Crippen LogP contribution < -0.4 is 16.1 Å². The van der Waals surface area contributed by atoms with Gasteiger partial charge in [-0.05, 0) is 59.5 Å². The van der Waals surface area contributed by atoms with Crippen LogP contribution in [0.1, 0.15) is 52.9 Å². The van der Waals surface area contributed by atoms with Crippen molar-refractivity contribution in [2.75, 3.05) is 5.32 Å². The standard InChI is InChI=1S/C25H29N3O4S/c29-24(28-32)22-13-19-10-9-17(12-21(19)33-22)14-26-20-8-4-5-16(11-20)15-27-23(25(30)31)18-6-2-1-3-7-18/h4-5,8-13,18,23,26-27,32H,1-3,6-7,14-15H2,(H,28,29)(H,30,31)/t23-/m0/s1. The van der Waals surface area contributed by atoms with Crippen LogP contribution in [0.2, 0.25) is 0 Å². The predicted molar refractivity (Wildman–Crippen MR) is 130 cm³/mol. The number of hydrogen-bond donors (Lipinski definition) is 5. The van der Waals surface area contributed by atoms with Crippen molar-refractivity contribution in [1.29, 1.82) is 0 Å². The van der Waals surface area contributed by atoms with Crippen molar-refractivity contribution < 1.29 is 19.9 Å². The van der Waals surface area contributed by atoms with Crippen molar-refractivity contribution in [2.24, 2.45) is 5.92 Å². The summed E-state index contributed by atoms with van der Waals surface area (Å²) in [4.78, 5) is 23.9. The van der Waals surface area contributed by atoms with Gasteiger partial charge in [0, 0.05) is 23.5 Å². The Balaban J connectivity index is 1.36. The van der Waals surface area contributed by atoms with Gasteiger partial charge in [0.05, 0.1) is 4.88 Å². The van der Waals surface area contributed by atoms with E-state index in [1.165, 1.54) is 17.8 Å². The summed E-state index contributed by atoms with van der Waals surface area (Å²) in [6.45, 7) is 1.13. The average Bonchev–Trinajstić information content (AvgIpc) is 3.27. The Labute approximate surface area is 196 Å². The SMILES string of the molecule is O=C(NO)c1cc2ccc(CNc3cccc(CN[C@H](C(=O)O)C4CCCCC4)c3)cc2s1. The third kappa shape index (κ3) is 5.90. The van der Waals surface area contributed by atoms with Crippen LogP contribution in [0.15, 0.2) is 48.5 Å². The minimum atomic E-state index is -0.764. The molecule has 8 heteroatoms. The first-order chi connectivity index (χ1) is 16.0. The Hall–Kier alpha value is -2.94. The zero-order chi connectivity index (χ0) is 23.2. The fourth-order valence-electron chi connectivity index (χ4n) is 4.50. The highest BCUT2D eigenvalue weighted by atomic mass is 32.1. The molecule has 174 valence electrons. The predicted octanol–water partition coefficient (Wildman–Crippen LogP) is 4.76. The Kier molecular flexibility index (Phi) is 7.59. The van der Waals surface area contributed by atoms with E-state index in [0.29, 0.717) is 18.0 Å². The lowest BCUT2D eigenvalue weighted by Crippen LogP contribution is -2.43. The summed E-state index contributed by atoms with van der Waals surface area (Å²) in [7, 11) is 0. The van der Waals surface area contributed by atoms with E-state index in [9.17, 15) is 14.7 Å². The lowest BCUT2D eigenvalue weighted by atomic mass is 9.84. The van der Waals surface area contributed by atoms with E-state index in [0.717, 1.165) is 52.6 Å². The van der Waals surface area contributed by atoms with Crippen molar-refractivity contribution in [3.8, 4) is 0 Å². The van der Waals surface area contributed by atoms with Gasteiger partial charge in [0.2, 0.25) is 0 Å². The van der Waals surface area contributed by atoms with Crippen molar-refractivity contribution in [1.82, 2.24) is 10.8 Å². The molecule has 4 rings (SSSR count). The van der Waals surface area contributed by atoms with Crippen LogP contribution in [-0.2, 0) is 17.9 Å². The summed E-state index contributed by atoms with van der Waals surface area (Å²) < 4.78 is 0.980. The van der Waals surface area contributed by atoms with Crippen LogP contribution in [-0.4, -0.2) is 28.2 Å². The third-order valence-corrected chi connectivity index (χ3v) is 7.34. The molecule has 1 fully saturated rings. The fourth-order valence-corrected chi connectivity index (χ4v) is 5.52. The highest BCUT2D eigenvalue weighted by molar-refractivity contribution is 7.20. The van der Waals surface area contributed by atoms with Gasteiger partial charge in [-0.2, -0.15) is 0 Å². The lowest BCUT2D eigenvalue weighted by molar-refractivity contribution is -0.141. The topological polar surface area (TPSA) is 111 Å². The molecule has 1 aliphatic carbocycles. The number of fused-ring (bicyclic) bond motifs is 1. The molecule has 1 saturated carbocycles. The highest BCUT2D eigenvalue weighted by Gasteiger charge is 2.28. The number of hydroxylamine groups is 1. The second kappa shape index (κ2) is 10.8. The molecular weight excluding hydrogens is 438 g/mol. The molecule has 7 nitrogen and oxygen atoms in total. The fraction of sp³-hybridized carbons (Fsp3) is 0.360. The molecule has 1 heterocycles. The van der Waals surface area contributed by atoms with Gasteiger partial charge in [-0.15, -0.1) is 11.3 Å². The Bertz CT molecular complexity index is 1120. The van der Waals surface area contributed by atoms with Crippen LogP contribution in [0.25, 0.3) is 10.1 Å². The van der Waals surface area contributed by atoms with Crippen molar-refractivity contribution >= 4 is 39.0 Å². The normalized spacial score (nSPS) is 15.3. The number of carboxylic acid groups (broad SMARTS) is 1. The molecule has 3 aromatic rings. The minimum Gasteiger partial charge on any atom is -0.480 e. The van der Waals surface area contributed by atoms with Crippen LogP contribution >= 0.6 is 11.3 Å². The van der Waals surface area contributed by atoms with Crippen molar-refractivity contribution in [2.45, 2.75) is 51.2 Å². The van der Waals surface area contributed by atoms with Gasteiger partial charge >= 0.3 is 5.97 Å². The van der Waals surface area contributed by atoms with E-state index in [1.54, 1.807) is 11.5 Å². The summed E-state index contributed by atoms with van der Waals surface area (Å²) in [5.74, 6) is -1.07. The van der Waals surface area contributed by atoms with Gasteiger partial charge in [0.25, 0.3) is 5.91 Å². The first kappa shape index (κ1) is 23.2. The van der Waals surface area contributed by atoms with Gasteiger partial charge in [0.15, 0.2) is 0 Å². The van der Waals surface area contributed by atoms with Gasteiger partial charge in [-0.25, -0.2) is 5.48 Å².